The highest BCUT2D eigenvalue weighted by atomic mass is 35.5. The van der Waals surface area contributed by atoms with Crippen LogP contribution < -0.4 is 4.72 Å². The molecule has 0 saturated carbocycles. The Kier molecular flexibility index (Phi) is 7.27. The first-order valence-electron chi connectivity index (χ1n) is 6.43. The molecule has 0 bridgehead atoms. The molecule has 23 heavy (non-hydrogen) atoms. The van der Waals surface area contributed by atoms with Gasteiger partial charge in [-0.3, -0.25) is 9.59 Å². The molecule has 0 saturated heterocycles. The standard InChI is InChI=1S/C13H15Cl2NO6S/c1-22-12(18)4-2-3-9(17)7-16-23(20,21)11-6-8(14)5-10(15)13(11)19/h5-6,16,19H,2-4,7H2,1H3. The maximum absolute atomic E-state index is 12.1. The molecule has 0 aliphatic rings. The van der Waals surface area contributed by atoms with Gasteiger partial charge in [0, 0.05) is 17.9 Å². The first-order chi connectivity index (χ1) is 10.7. The summed E-state index contributed by atoms with van der Waals surface area (Å²) in [5, 5.41) is 9.51. The summed E-state index contributed by atoms with van der Waals surface area (Å²) in [5.74, 6) is -1.51. The smallest absolute Gasteiger partial charge is 0.305 e. The summed E-state index contributed by atoms with van der Waals surface area (Å²) in [6, 6.07) is 2.21. The van der Waals surface area contributed by atoms with Gasteiger partial charge in [0.15, 0.2) is 5.75 Å². The Morgan fingerprint density at radius 2 is 1.91 bits per heavy atom. The molecule has 10 heteroatoms. The van der Waals surface area contributed by atoms with Crippen molar-refractivity contribution in [3.05, 3.63) is 22.2 Å². The molecule has 0 fully saturated rings. The van der Waals surface area contributed by atoms with Gasteiger partial charge in [-0.05, 0) is 18.6 Å². The summed E-state index contributed by atoms with van der Waals surface area (Å²) >= 11 is 11.4. The van der Waals surface area contributed by atoms with Gasteiger partial charge in [-0.15, -0.1) is 0 Å². The number of aromatic hydroxyl groups is 1. The van der Waals surface area contributed by atoms with Crippen LogP contribution in [0.25, 0.3) is 0 Å². The van der Waals surface area contributed by atoms with Crippen LogP contribution in [0, 0.1) is 0 Å². The Hall–Kier alpha value is -1.35. The summed E-state index contributed by atoms with van der Waals surface area (Å²) in [7, 11) is -2.92. The van der Waals surface area contributed by atoms with Gasteiger partial charge in [0.05, 0.1) is 18.7 Å². The van der Waals surface area contributed by atoms with Crippen LogP contribution in [0.4, 0.5) is 0 Å². The van der Waals surface area contributed by atoms with Crippen molar-refractivity contribution in [2.75, 3.05) is 13.7 Å². The van der Waals surface area contributed by atoms with Gasteiger partial charge in [0.1, 0.15) is 10.7 Å². The molecule has 0 aromatic heterocycles. The van der Waals surface area contributed by atoms with Crippen LogP contribution in [0.15, 0.2) is 17.0 Å². The van der Waals surface area contributed by atoms with Crippen LogP contribution in [0.3, 0.4) is 0 Å². The van der Waals surface area contributed by atoms with Crippen LogP contribution in [0.1, 0.15) is 19.3 Å². The molecular formula is C13H15Cl2NO6S. The molecule has 0 radical (unpaired) electrons. The fourth-order valence-electron chi connectivity index (χ4n) is 1.62. The predicted octanol–water partition coefficient (Wildman–Crippen LogP) is 1.89. The number of carbonyl (C=O) groups is 2. The molecule has 0 aliphatic carbocycles. The van der Waals surface area contributed by atoms with Crippen LogP contribution in [0.2, 0.25) is 10.0 Å². The third-order valence-corrected chi connectivity index (χ3v) is 4.73. The van der Waals surface area contributed by atoms with Crippen molar-refractivity contribution >= 4 is 45.0 Å². The minimum Gasteiger partial charge on any atom is -0.505 e. The normalized spacial score (nSPS) is 11.3. The van der Waals surface area contributed by atoms with Gasteiger partial charge >= 0.3 is 5.97 Å². The van der Waals surface area contributed by atoms with Crippen molar-refractivity contribution in [1.29, 1.82) is 0 Å². The van der Waals surface area contributed by atoms with Gasteiger partial charge in [-0.2, -0.15) is 0 Å². The zero-order chi connectivity index (χ0) is 17.6. The number of hydrogen-bond acceptors (Lipinski definition) is 6. The molecule has 7 nitrogen and oxygen atoms in total. The van der Waals surface area contributed by atoms with E-state index in [1.807, 2.05) is 0 Å². The Labute approximate surface area is 143 Å². The number of benzene rings is 1. The number of hydrogen-bond donors (Lipinski definition) is 2. The van der Waals surface area contributed by atoms with Gasteiger partial charge in [0.2, 0.25) is 10.0 Å². The molecule has 128 valence electrons. The fraction of sp³-hybridized carbons (Fsp3) is 0.385. The molecule has 0 heterocycles. The number of halogens is 2. The summed E-state index contributed by atoms with van der Waals surface area (Å²) in [5.41, 5.74) is 0. The first kappa shape index (κ1) is 19.7. The molecule has 2 N–H and O–H groups in total. The number of ether oxygens (including phenoxy) is 1. The monoisotopic (exact) mass is 383 g/mol. The fourth-order valence-corrected chi connectivity index (χ4v) is 3.39. The average Bonchev–Trinajstić information content (AvgIpc) is 2.48. The number of carbonyl (C=O) groups excluding carboxylic acids is 2. The lowest BCUT2D eigenvalue weighted by atomic mass is 10.2. The second kappa shape index (κ2) is 8.49. The highest BCUT2D eigenvalue weighted by Crippen LogP contribution is 2.33. The molecule has 0 amide bonds. The Morgan fingerprint density at radius 1 is 1.26 bits per heavy atom. The highest BCUT2D eigenvalue weighted by Gasteiger charge is 2.22. The molecule has 0 atom stereocenters. The number of sulfonamides is 1. The largest absolute Gasteiger partial charge is 0.505 e. The minimum absolute atomic E-state index is 0.0138. The molecule has 0 unspecified atom stereocenters. The van der Waals surface area contributed by atoms with Gasteiger partial charge in [-0.25, -0.2) is 13.1 Å². The highest BCUT2D eigenvalue weighted by molar-refractivity contribution is 7.89. The Bertz CT molecular complexity index is 705. The average molecular weight is 384 g/mol. The maximum Gasteiger partial charge on any atom is 0.305 e. The lowest BCUT2D eigenvalue weighted by Gasteiger charge is -2.09. The van der Waals surface area contributed by atoms with Crippen molar-refractivity contribution in [2.24, 2.45) is 0 Å². The number of phenols is 1. The third kappa shape index (κ3) is 5.98. The summed E-state index contributed by atoms with van der Waals surface area (Å²) in [6.45, 7) is -0.479. The lowest BCUT2D eigenvalue weighted by molar-refractivity contribution is -0.140. The van der Waals surface area contributed by atoms with Crippen molar-refractivity contribution < 1.29 is 27.9 Å². The second-order valence-electron chi connectivity index (χ2n) is 4.53. The molecule has 1 aromatic rings. The number of nitrogens with one attached hydrogen (secondary N) is 1. The van der Waals surface area contributed by atoms with E-state index in [1.165, 1.54) is 13.2 Å². The number of methoxy groups -OCH3 is 1. The number of ketones is 1. The van der Waals surface area contributed by atoms with Gasteiger partial charge in [0.25, 0.3) is 0 Å². The van der Waals surface area contributed by atoms with Gasteiger partial charge in [-0.1, -0.05) is 23.2 Å². The number of phenolic OH excluding ortho intramolecular Hbond substituents is 1. The van der Waals surface area contributed by atoms with E-state index < -0.39 is 39.0 Å². The second-order valence-corrected chi connectivity index (χ2v) is 7.11. The minimum atomic E-state index is -4.16. The molecule has 0 spiro atoms. The zero-order valence-electron chi connectivity index (χ0n) is 12.1. The zero-order valence-corrected chi connectivity index (χ0v) is 14.5. The van der Waals surface area contributed by atoms with E-state index >= 15 is 0 Å². The van der Waals surface area contributed by atoms with Crippen LogP contribution in [0.5, 0.6) is 5.75 Å². The third-order valence-electron chi connectivity index (χ3n) is 2.81. The van der Waals surface area contributed by atoms with E-state index in [0.717, 1.165) is 6.07 Å². The van der Waals surface area contributed by atoms with E-state index in [-0.39, 0.29) is 29.3 Å². The van der Waals surface area contributed by atoms with Crippen LogP contribution in [-0.4, -0.2) is 38.9 Å². The maximum atomic E-state index is 12.1. The first-order valence-corrected chi connectivity index (χ1v) is 8.67. The number of rotatable bonds is 8. The Balaban J connectivity index is 2.66. The predicted molar refractivity (Wildman–Crippen MR) is 84.2 cm³/mol. The summed E-state index contributed by atoms with van der Waals surface area (Å²) in [6.07, 6.45) is 0.334. The molecule has 1 rings (SSSR count). The van der Waals surface area contributed by atoms with Crippen molar-refractivity contribution in [1.82, 2.24) is 4.72 Å². The number of Topliss-reactive ketones (excluding diaryl/α,β-unsaturated/α-hetero) is 1. The Morgan fingerprint density at radius 3 is 2.52 bits per heavy atom. The number of esters is 1. The van der Waals surface area contributed by atoms with E-state index in [4.69, 9.17) is 23.2 Å². The summed E-state index contributed by atoms with van der Waals surface area (Å²) < 4.78 is 30.6. The van der Waals surface area contributed by atoms with E-state index in [0.29, 0.717) is 0 Å². The van der Waals surface area contributed by atoms with E-state index in [1.54, 1.807) is 0 Å². The summed E-state index contributed by atoms with van der Waals surface area (Å²) in [4.78, 5) is 22.0. The van der Waals surface area contributed by atoms with Gasteiger partial charge < -0.3 is 9.84 Å². The van der Waals surface area contributed by atoms with Crippen molar-refractivity contribution in [3.8, 4) is 5.75 Å². The quantitative estimate of drug-likeness (QED) is 0.663. The molecule has 1 aromatic carbocycles. The van der Waals surface area contributed by atoms with Crippen molar-refractivity contribution in [2.45, 2.75) is 24.2 Å². The molecular weight excluding hydrogens is 369 g/mol. The van der Waals surface area contributed by atoms with Crippen molar-refractivity contribution in [3.63, 3.8) is 0 Å². The SMILES string of the molecule is COC(=O)CCCC(=O)CNS(=O)(=O)c1cc(Cl)cc(Cl)c1O. The van der Waals surface area contributed by atoms with Crippen LogP contribution in [-0.2, 0) is 24.3 Å². The molecule has 0 aliphatic heterocycles. The lowest BCUT2D eigenvalue weighted by Crippen LogP contribution is -2.29. The van der Waals surface area contributed by atoms with E-state index in [2.05, 4.69) is 9.46 Å². The van der Waals surface area contributed by atoms with E-state index in [9.17, 15) is 23.1 Å². The topological polar surface area (TPSA) is 110 Å². The van der Waals surface area contributed by atoms with Crippen LogP contribution >= 0.6 is 23.2 Å².